The van der Waals surface area contributed by atoms with E-state index in [-0.39, 0.29) is 5.75 Å². The molecule has 108 valence electrons. The molecule has 20 heavy (non-hydrogen) atoms. The van der Waals surface area contributed by atoms with Crippen molar-refractivity contribution in [3.8, 4) is 5.75 Å². The summed E-state index contributed by atoms with van der Waals surface area (Å²) in [6.07, 6.45) is -4.69. The standard InChI is InChI=1S/C12H12F3N3OS/c1-7(18(2)3)16-11-17-9-5-4-8(6-10(9)20-11)19-12(13,14)15/h4-6H,1-3H3/b16-7-. The highest BCUT2D eigenvalue weighted by atomic mass is 32.1. The van der Waals surface area contributed by atoms with Crippen molar-refractivity contribution in [2.75, 3.05) is 14.1 Å². The third-order valence-electron chi connectivity index (χ3n) is 2.49. The van der Waals surface area contributed by atoms with E-state index < -0.39 is 6.36 Å². The first-order chi connectivity index (χ1) is 9.24. The molecule has 0 amide bonds. The Morgan fingerprint density at radius 2 is 2.05 bits per heavy atom. The fraction of sp³-hybridized carbons (Fsp3) is 0.333. The number of hydrogen-bond acceptors (Lipinski definition) is 4. The van der Waals surface area contributed by atoms with Gasteiger partial charge in [-0.1, -0.05) is 11.3 Å². The van der Waals surface area contributed by atoms with E-state index in [1.54, 1.807) is 0 Å². The second kappa shape index (κ2) is 5.28. The minimum atomic E-state index is -4.69. The molecule has 1 aromatic heterocycles. The van der Waals surface area contributed by atoms with Gasteiger partial charge in [0.05, 0.1) is 10.2 Å². The molecule has 1 aromatic carbocycles. The van der Waals surface area contributed by atoms with Gasteiger partial charge in [0, 0.05) is 20.2 Å². The van der Waals surface area contributed by atoms with Crippen LogP contribution in [0.2, 0.25) is 0 Å². The minimum absolute atomic E-state index is 0.256. The zero-order chi connectivity index (χ0) is 14.9. The fourth-order valence-electron chi connectivity index (χ4n) is 1.38. The number of halogens is 3. The van der Waals surface area contributed by atoms with Crippen molar-refractivity contribution in [1.82, 2.24) is 9.88 Å². The van der Waals surface area contributed by atoms with Crippen LogP contribution < -0.4 is 4.74 Å². The molecule has 0 aliphatic heterocycles. The average Bonchev–Trinajstić information content (AvgIpc) is 2.68. The van der Waals surface area contributed by atoms with Gasteiger partial charge >= 0.3 is 6.36 Å². The van der Waals surface area contributed by atoms with Crippen LogP contribution in [0.4, 0.5) is 18.3 Å². The molecule has 0 atom stereocenters. The van der Waals surface area contributed by atoms with Crippen molar-refractivity contribution in [2.45, 2.75) is 13.3 Å². The van der Waals surface area contributed by atoms with Crippen molar-refractivity contribution < 1.29 is 17.9 Å². The Kier molecular flexibility index (Phi) is 3.85. The summed E-state index contributed by atoms with van der Waals surface area (Å²) >= 11 is 1.21. The molecule has 0 fully saturated rings. The molecule has 0 bridgehead atoms. The molecule has 4 nitrogen and oxygen atoms in total. The number of benzene rings is 1. The number of ether oxygens (including phenoxy) is 1. The van der Waals surface area contributed by atoms with Gasteiger partial charge in [-0.2, -0.15) is 0 Å². The molecular weight excluding hydrogens is 291 g/mol. The average molecular weight is 303 g/mol. The maximum Gasteiger partial charge on any atom is 0.573 e. The van der Waals surface area contributed by atoms with Crippen LogP contribution in [0.25, 0.3) is 10.2 Å². The van der Waals surface area contributed by atoms with Gasteiger partial charge in [-0.3, -0.25) is 0 Å². The molecule has 0 aliphatic rings. The predicted molar refractivity (Wildman–Crippen MR) is 72.8 cm³/mol. The number of aromatic nitrogens is 1. The molecule has 0 unspecified atom stereocenters. The Bertz CT molecular complexity index is 649. The van der Waals surface area contributed by atoms with Crippen molar-refractivity contribution in [2.24, 2.45) is 4.99 Å². The first-order valence-electron chi connectivity index (χ1n) is 5.63. The number of amidine groups is 1. The van der Waals surface area contributed by atoms with E-state index in [0.29, 0.717) is 15.3 Å². The summed E-state index contributed by atoms with van der Waals surface area (Å²) in [5.74, 6) is 0.504. The van der Waals surface area contributed by atoms with E-state index in [9.17, 15) is 13.2 Å². The third-order valence-corrected chi connectivity index (χ3v) is 3.40. The van der Waals surface area contributed by atoms with Gasteiger partial charge in [-0.15, -0.1) is 13.2 Å². The molecule has 8 heteroatoms. The summed E-state index contributed by atoms with van der Waals surface area (Å²) in [5, 5.41) is 0.496. The number of aliphatic imine (C=N–C) groups is 1. The summed E-state index contributed by atoms with van der Waals surface area (Å²) in [7, 11) is 3.70. The van der Waals surface area contributed by atoms with Crippen LogP contribution in [0, 0.1) is 0 Å². The summed E-state index contributed by atoms with van der Waals surface area (Å²) < 4.78 is 40.9. The van der Waals surface area contributed by atoms with Crippen molar-refractivity contribution >= 4 is 32.5 Å². The van der Waals surface area contributed by atoms with Crippen LogP contribution in [0.15, 0.2) is 23.2 Å². The SMILES string of the molecule is C/C(=N/c1nc2ccc(OC(F)(F)F)cc2s1)N(C)C. The number of thiazole rings is 1. The summed E-state index contributed by atoms with van der Waals surface area (Å²) in [6.45, 7) is 1.82. The first kappa shape index (κ1) is 14.6. The molecule has 0 spiro atoms. The smallest absolute Gasteiger partial charge is 0.406 e. The van der Waals surface area contributed by atoms with Crippen LogP contribution in [-0.4, -0.2) is 36.2 Å². The van der Waals surface area contributed by atoms with Crippen LogP contribution in [-0.2, 0) is 0 Å². The monoisotopic (exact) mass is 303 g/mol. The van der Waals surface area contributed by atoms with Crippen molar-refractivity contribution in [3.05, 3.63) is 18.2 Å². The molecule has 0 saturated carbocycles. The van der Waals surface area contributed by atoms with E-state index in [4.69, 9.17) is 0 Å². The summed E-state index contributed by atoms with van der Waals surface area (Å²) in [4.78, 5) is 10.4. The Morgan fingerprint density at radius 1 is 1.35 bits per heavy atom. The van der Waals surface area contributed by atoms with E-state index in [1.165, 1.54) is 29.5 Å². The van der Waals surface area contributed by atoms with E-state index >= 15 is 0 Å². The molecular formula is C12H12F3N3OS. The second-order valence-corrected chi connectivity index (χ2v) is 5.24. The molecule has 0 aliphatic carbocycles. The lowest BCUT2D eigenvalue weighted by molar-refractivity contribution is -0.274. The van der Waals surface area contributed by atoms with E-state index in [2.05, 4.69) is 14.7 Å². The minimum Gasteiger partial charge on any atom is -0.406 e. The topological polar surface area (TPSA) is 37.7 Å². The van der Waals surface area contributed by atoms with Gasteiger partial charge in [0.1, 0.15) is 11.6 Å². The van der Waals surface area contributed by atoms with Gasteiger partial charge in [-0.25, -0.2) is 9.98 Å². The Labute approximate surface area is 117 Å². The van der Waals surface area contributed by atoms with Crippen molar-refractivity contribution in [1.29, 1.82) is 0 Å². The molecule has 0 radical (unpaired) electrons. The quantitative estimate of drug-likeness (QED) is 0.625. The maximum atomic E-state index is 12.1. The zero-order valence-electron chi connectivity index (χ0n) is 11.0. The lowest BCUT2D eigenvalue weighted by Gasteiger charge is -2.09. The van der Waals surface area contributed by atoms with E-state index in [0.717, 1.165) is 5.84 Å². The lowest BCUT2D eigenvalue weighted by atomic mass is 10.3. The Morgan fingerprint density at radius 3 is 2.65 bits per heavy atom. The van der Waals surface area contributed by atoms with Crippen LogP contribution >= 0.6 is 11.3 Å². The maximum absolute atomic E-state index is 12.1. The number of hydrogen-bond donors (Lipinski definition) is 0. The highest BCUT2D eigenvalue weighted by Gasteiger charge is 2.31. The number of alkyl halides is 3. The fourth-order valence-corrected chi connectivity index (χ4v) is 2.29. The van der Waals surface area contributed by atoms with Crippen LogP contribution in [0.1, 0.15) is 6.92 Å². The largest absolute Gasteiger partial charge is 0.573 e. The Hall–Kier alpha value is -1.83. The summed E-state index contributed by atoms with van der Waals surface area (Å²) in [6, 6.07) is 4.03. The van der Waals surface area contributed by atoms with Gasteiger partial charge in [0.15, 0.2) is 0 Å². The first-order valence-corrected chi connectivity index (χ1v) is 6.45. The number of nitrogens with zero attached hydrogens (tertiary/aromatic N) is 3. The van der Waals surface area contributed by atoms with Gasteiger partial charge in [0.25, 0.3) is 0 Å². The lowest BCUT2D eigenvalue weighted by Crippen LogP contribution is -2.17. The highest BCUT2D eigenvalue weighted by Crippen LogP contribution is 2.32. The van der Waals surface area contributed by atoms with Crippen LogP contribution in [0.5, 0.6) is 5.75 Å². The van der Waals surface area contributed by atoms with Gasteiger partial charge in [-0.05, 0) is 19.1 Å². The second-order valence-electron chi connectivity index (χ2n) is 4.23. The Balaban J connectivity index is 2.33. The highest BCUT2D eigenvalue weighted by molar-refractivity contribution is 7.22. The predicted octanol–water partition coefficient (Wildman–Crippen LogP) is 3.81. The molecule has 0 saturated heterocycles. The number of fused-ring (bicyclic) bond motifs is 1. The van der Waals surface area contributed by atoms with Gasteiger partial charge in [0.2, 0.25) is 5.13 Å². The zero-order valence-corrected chi connectivity index (χ0v) is 11.8. The molecule has 0 N–H and O–H groups in total. The molecule has 2 aromatic rings. The molecule has 2 rings (SSSR count). The molecule has 1 heterocycles. The third kappa shape index (κ3) is 3.60. The van der Waals surface area contributed by atoms with Crippen molar-refractivity contribution in [3.63, 3.8) is 0 Å². The summed E-state index contributed by atoms with van der Waals surface area (Å²) in [5.41, 5.74) is 0.592. The normalized spacial score (nSPS) is 12.8. The van der Waals surface area contributed by atoms with Crippen LogP contribution in [0.3, 0.4) is 0 Å². The number of rotatable bonds is 2. The van der Waals surface area contributed by atoms with E-state index in [1.807, 2.05) is 25.9 Å². The van der Waals surface area contributed by atoms with Gasteiger partial charge < -0.3 is 9.64 Å².